The predicted molar refractivity (Wildman–Crippen MR) is 74.7 cm³/mol. The molecule has 0 amide bonds. The Bertz CT molecular complexity index is 604. The zero-order chi connectivity index (χ0) is 15.0. The van der Waals surface area contributed by atoms with Crippen LogP contribution >= 0.6 is 11.6 Å². The first kappa shape index (κ1) is 15.7. The van der Waals surface area contributed by atoms with Gasteiger partial charge in [-0.1, -0.05) is 6.07 Å². The molecule has 0 atom stereocenters. The average Bonchev–Trinajstić information content (AvgIpc) is 2.37. The van der Waals surface area contributed by atoms with E-state index in [4.69, 9.17) is 16.3 Å². The van der Waals surface area contributed by atoms with Crippen molar-refractivity contribution in [3.8, 4) is 0 Å². The van der Waals surface area contributed by atoms with E-state index in [0.717, 1.165) is 6.07 Å². The lowest BCUT2D eigenvalue weighted by Gasteiger charge is -2.41. The molecule has 1 aliphatic rings. The van der Waals surface area contributed by atoms with E-state index >= 15 is 0 Å². The minimum atomic E-state index is -3.81. The standard InChI is InChI=1S/C13H17ClFNO3S/c1-13(2)9-19-6-5-16(13)20(17,18)12-7-11(15)4-3-10(12)8-14/h3-4,7H,5-6,8-9H2,1-2H3. The maximum atomic E-state index is 13.4. The van der Waals surface area contributed by atoms with Gasteiger partial charge in [-0.05, 0) is 31.5 Å². The first-order valence-electron chi connectivity index (χ1n) is 6.24. The van der Waals surface area contributed by atoms with Gasteiger partial charge in [0.2, 0.25) is 10.0 Å². The van der Waals surface area contributed by atoms with Crippen LogP contribution in [0.1, 0.15) is 19.4 Å². The van der Waals surface area contributed by atoms with Crippen LogP contribution in [0.15, 0.2) is 23.1 Å². The topological polar surface area (TPSA) is 46.6 Å². The van der Waals surface area contributed by atoms with Crippen molar-refractivity contribution in [3.05, 3.63) is 29.6 Å². The number of halogens is 2. The van der Waals surface area contributed by atoms with E-state index in [9.17, 15) is 12.8 Å². The summed E-state index contributed by atoms with van der Waals surface area (Å²) < 4.78 is 45.7. The second-order valence-corrected chi connectivity index (χ2v) is 7.43. The molecule has 0 radical (unpaired) electrons. The van der Waals surface area contributed by atoms with Crippen LogP contribution in [0.25, 0.3) is 0 Å². The fraction of sp³-hybridized carbons (Fsp3) is 0.538. The molecule has 20 heavy (non-hydrogen) atoms. The number of hydrogen-bond acceptors (Lipinski definition) is 3. The van der Waals surface area contributed by atoms with Crippen molar-refractivity contribution >= 4 is 21.6 Å². The van der Waals surface area contributed by atoms with Crippen molar-refractivity contribution in [2.75, 3.05) is 19.8 Å². The molecule has 2 rings (SSSR count). The molecular formula is C13H17ClFNO3S. The minimum Gasteiger partial charge on any atom is -0.378 e. The van der Waals surface area contributed by atoms with Gasteiger partial charge in [0.05, 0.1) is 23.6 Å². The highest BCUT2D eigenvalue weighted by Gasteiger charge is 2.40. The second kappa shape index (κ2) is 5.60. The molecule has 0 aromatic heterocycles. The molecule has 1 aromatic rings. The van der Waals surface area contributed by atoms with Crippen LogP contribution in [-0.4, -0.2) is 38.0 Å². The Morgan fingerprint density at radius 3 is 2.75 bits per heavy atom. The van der Waals surface area contributed by atoms with Crippen molar-refractivity contribution in [1.29, 1.82) is 0 Å². The van der Waals surface area contributed by atoms with Gasteiger partial charge in [0, 0.05) is 12.4 Å². The minimum absolute atomic E-state index is 0.0135. The normalized spacial score (nSPS) is 20.0. The molecule has 1 aromatic carbocycles. The van der Waals surface area contributed by atoms with Crippen molar-refractivity contribution in [2.45, 2.75) is 30.2 Å². The number of ether oxygens (including phenoxy) is 1. The third kappa shape index (κ3) is 2.83. The van der Waals surface area contributed by atoms with Gasteiger partial charge in [-0.2, -0.15) is 4.31 Å². The van der Waals surface area contributed by atoms with Crippen LogP contribution in [0.2, 0.25) is 0 Å². The quantitative estimate of drug-likeness (QED) is 0.803. The highest BCUT2D eigenvalue weighted by Crippen LogP contribution is 2.30. The molecule has 0 N–H and O–H groups in total. The Labute approximate surface area is 123 Å². The van der Waals surface area contributed by atoms with Crippen molar-refractivity contribution in [3.63, 3.8) is 0 Å². The Balaban J connectivity index is 2.52. The fourth-order valence-electron chi connectivity index (χ4n) is 2.29. The van der Waals surface area contributed by atoms with E-state index in [1.807, 2.05) is 0 Å². The summed E-state index contributed by atoms with van der Waals surface area (Å²) in [6, 6.07) is 3.64. The molecule has 0 bridgehead atoms. The Morgan fingerprint density at radius 1 is 1.45 bits per heavy atom. The zero-order valence-electron chi connectivity index (χ0n) is 11.4. The van der Waals surface area contributed by atoms with E-state index in [-0.39, 0.29) is 17.3 Å². The lowest BCUT2D eigenvalue weighted by Crippen LogP contribution is -2.55. The van der Waals surface area contributed by atoms with Gasteiger partial charge in [-0.25, -0.2) is 12.8 Å². The van der Waals surface area contributed by atoms with Crippen LogP contribution in [0.4, 0.5) is 4.39 Å². The number of hydrogen-bond donors (Lipinski definition) is 0. The van der Waals surface area contributed by atoms with E-state index in [1.165, 1.54) is 16.4 Å². The van der Waals surface area contributed by atoms with Gasteiger partial charge >= 0.3 is 0 Å². The lowest BCUT2D eigenvalue weighted by molar-refractivity contribution is -0.00773. The smallest absolute Gasteiger partial charge is 0.244 e. The summed E-state index contributed by atoms with van der Waals surface area (Å²) in [4.78, 5) is -0.0672. The van der Waals surface area contributed by atoms with Crippen molar-refractivity contribution < 1.29 is 17.5 Å². The maximum absolute atomic E-state index is 13.4. The van der Waals surface area contributed by atoms with Crippen molar-refractivity contribution in [1.82, 2.24) is 4.31 Å². The lowest BCUT2D eigenvalue weighted by atomic mass is 10.1. The van der Waals surface area contributed by atoms with E-state index in [0.29, 0.717) is 18.8 Å². The van der Waals surface area contributed by atoms with Crippen LogP contribution in [-0.2, 0) is 20.6 Å². The third-order valence-corrected chi connectivity index (χ3v) is 5.79. The largest absolute Gasteiger partial charge is 0.378 e. The third-order valence-electron chi connectivity index (χ3n) is 3.31. The molecule has 112 valence electrons. The summed E-state index contributed by atoms with van der Waals surface area (Å²) in [6.07, 6.45) is 0. The summed E-state index contributed by atoms with van der Waals surface area (Å²) in [7, 11) is -3.81. The van der Waals surface area contributed by atoms with Gasteiger partial charge < -0.3 is 4.74 Å². The molecule has 1 aliphatic heterocycles. The van der Waals surface area contributed by atoms with Crippen LogP contribution in [0.5, 0.6) is 0 Å². The zero-order valence-corrected chi connectivity index (χ0v) is 13.0. The van der Waals surface area contributed by atoms with Gasteiger partial charge in [0.1, 0.15) is 5.82 Å². The Kier molecular flexibility index (Phi) is 4.39. The molecule has 1 fully saturated rings. The molecule has 0 saturated carbocycles. The first-order valence-corrected chi connectivity index (χ1v) is 8.21. The number of nitrogens with zero attached hydrogens (tertiary/aromatic N) is 1. The van der Waals surface area contributed by atoms with Gasteiger partial charge in [0.15, 0.2) is 0 Å². The fourth-order valence-corrected chi connectivity index (χ4v) is 4.59. The maximum Gasteiger partial charge on any atom is 0.244 e. The van der Waals surface area contributed by atoms with E-state index < -0.39 is 21.4 Å². The molecule has 7 heteroatoms. The average molecular weight is 322 g/mol. The van der Waals surface area contributed by atoms with E-state index in [1.54, 1.807) is 13.8 Å². The Morgan fingerprint density at radius 2 is 2.15 bits per heavy atom. The SMILES string of the molecule is CC1(C)COCCN1S(=O)(=O)c1cc(F)ccc1CCl. The summed E-state index contributed by atoms with van der Waals surface area (Å²) in [6.45, 7) is 4.44. The number of rotatable bonds is 3. The molecule has 0 unspecified atom stereocenters. The van der Waals surface area contributed by atoms with Crippen LogP contribution in [0, 0.1) is 5.82 Å². The summed E-state index contributed by atoms with van der Waals surface area (Å²) in [5.74, 6) is -0.580. The van der Waals surface area contributed by atoms with E-state index in [2.05, 4.69) is 0 Å². The number of alkyl halides is 1. The molecule has 4 nitrogen and oxygen atoms in total. The molecule has 1 saturated heterocycles. The predicted octanol–water partition coefficient (Wildman–Crippen LogP) is 2.36. The molecule has 0 aliphatic carbocycles. The summed E-state index contributed by atoms with van der Waals surface area (Å²) in [5, 5.41) is 0. The first-order chi connectivity index (χ1) is 9.29. The molecule has 1 heterocycles. The van der Waals surface area contributed by atoms with Crippen molar-refractivity contribution in [2.24, 2.45) is 0 Å². The van der Waals surface area contributed by atoms with Gasteiger partial charge in [-0.15, -0.1) is 11.6 Å². The number of benzene rings is 1. The van der Waals surface area contributed by atoms with Crippen LogP contribution in [0.3, 0.4) is 0 Å². The van der Waals surface area contributed by atoms with Crippen LogP contribution < -0.4 is 0 Å². The molecule has 0 spiro atoms. The number of morpholine rings is 1. The monoisotopic (exact) mass is 321 g/mol. The summed E-state index contributed by atoms with van der Waals surface area (Å²) in [5.41, 5.74) is -0.275. The van der Waals surface area contributed by atoms with Gasteiger partial charge in [0.25, 0.3) is 0 Å². The second-order valence-electron chi connectivity index (χ2n) is 5.33. The summed E-state index contributed by atoms with van der Waals surface area (Å²) >= 11 is 5.77. The number of sulfonamides is 1. The Hall–Kier alpha value is -0.690. The highest BCUT2D eigenvalue weighted by atomic mass is 35.5. The van der Waals surface area contributed by atoms with Gasteiger partial charge in [-0.3, -0.25) is 0 Å². The highest BCUT2D eigenvalue weighted by molar-refractivity contribution is 7.89. The molecular weight excluding hydrogens is 305 g/mol.